The van der Waals surface area contributed by atoms with Crippen molar-refractivity contribution < 1.29 is 38.1 Å². The van der Waals surface area contributed by atoms with E-state index in [-0.39, 0.29) is 18.9 Å². The van der Waals surface area contributed by atoms with E-state index in [1.807, 2.05) is 0 Å². The quantitative estimate of drug-likeness (QED) is 0.294. The van der Waals surface area contributed by atoms with Gasteiger partial charge in [-0.3, -0.25) is 14.9 Å². The molecule has 1 amide bonds. The zero-order chi connectivity index (χ0) is 31.2. The summed E-state index contributed by atoms with van der Waals surface area (Å²) >= 11 is 0. The molecule has 1 unspecified atom stereocenters. The Hall–Kier alpha value is -4.48. The van der Waals surface area contributed by atoms with E-state index in [9.17, 15) is 19.2 Å². The molecule has 3 aromatic rings. The number of ether oxygens (including phenoxy) is 4. The summed E-state index contributed by atoms with van der Waals surface area (Å²) in [6, 6.07) is 4.42. The molecule has 0 fully saturated rings. The van der Waals surface area contributed by atoms with Crippen LogP contribution in [-0.4, -0.2) is 69.1 Å². The first-order chi connectivity index (χ1) is 19.7. The van der Waals surface area contributed by atoms with Gasteiger partial charge in [0.2, 0.25) is 0 Å². The van der Waals surface area contributed by atoms with Crippen LogP contribution in [0.3, 0.4) is 0 Å². The van der Waals surface area contributed by atoms with Crippen LogP contribution in [0.4, 0.5) is 15.3 Å². The van der Waals surface area contributed by atoms with Crippen molar-refractivity contribution in [2.24, 2.45) is 0 Å². The number of carbonyl (C=O) groups is 4. The predicted molar refractivity (Wildman–Crippen MR) is 154 cm³/mol. The summed E-state index contributed by atoms with van der Waals surface area (Å²) in [5, 5.41) is 0.721. The van der Waals surface area contributed by atoms with E-state index in [2.05, 4.69) is 9.97 Å². The molecule has 0 aromatic carbocycles. The Kier molecular flexibility index (Phi) is 9.92. The van der Waals surface area contributed by atoms with Gasteiger partial charge in [0.1, 0.15) is 22.9 Å². The normalized spacial score (nSPS) is 14.4. The number of anilines is 1. The molecule has 4 rings (SSSR count). The van der Waals surface area contributed by atoms with Crippen molar-refractivity contribution in [3.8, 4) is 0 Å². The molecule has 0 saturated heterocycles. The highest BCUT2D eigenvalue weighted by Crippen LogP contribution is 2.33. The van der Waals surface area contributed by atoms with Gasteiger partial charge < -0.3 is 18.9 Å². The Balaban J connectivity index is 0.000000230. The van der Waals surface area contributed by atoms with Crippen LogP contribution in [0.25, 0.3) is 10.9 Å². The Bertz CT molecular complexity index is 1450. The maximum absolute atomic E-state index is 12.4. The number of carbonyl (C=O) groups excluding carboxylic acids is 4. The fourth-order valence-corrected chi connectivity index (χ4v) is 4.14. The van der Waals surface area contributed by atoms with E-state index < -0.39 is 41.4 Å². The van der Waals surface area contributed by atoms with Crippen LogP contribution in [-0.2, 0) is 30.2 Å². The lowest BCUT2D eigenvalue weighted by molar-refractivity contribution is -0.144. The van der Waals surface area contributed by atoms with Gasteiger partial charge in [0.05, 0.1) is 36.8 Å². The number of fused-ring (bicyclic) bond motifs is 2. The molecule has 0 saturated carbocycles. The Morgan fingerprint density at radius 1 is 0.857 bits per heavy atom. The van der Waals surface area contributed by atoms with Gasteiger partial charge in [-0.1, -0.05) is 0 Å². The minimum absolute atomic E-state index is 0.133. The third kappa shape index (κ3) is 7.83. The van der Waals surface area contributed by atoms with Crippen LogP contribution >= 0.6 is 0 Å². The Morgan fingerprint density at radius 2 is 1.45 bits per heavy atom. The third-order valence-corrected chi connectivity index (χ3v) is 5.69. The van der Waals surface area contributed by atoms with E-state index in [0.29, 0.717) is 17.6 Å². The number of amides is 1. The molecule has 0 bridgehead atoms. The first-order valence-electron chi connectivity index (χ1n) is 13.6. The van der Waals surface area contributed by atoms with Crippen LogP contribution in [0.5, 0.6) is 0 Å². The summed E-state index contributed by atoms with van der Waals surface area (Å²) in [5.41, 5.74) is 0.825. The van der Waals surface area contributed by atoms with E-state index in [1.165, 1.54) is 15.7 Å². The lowest BCUT2D eigenvalue weighted by Gasteiger charge is -2.27. The second-order valence-electron chi connectivity index (χ2n) is 11.3. The Morgan fingerprint density at radius 3 is 2.07 bits per heavy atom. The van der Waals surface area contributed by atoms with Crippen molar-refractivity contribution in [1.29, 1.82) is 0 Å². The largest absolute Gasteiger partial charge is 0.464 e. The van der Waals surface area contributed by atoms with Gasteiger partial charge in [-0.25, -0.2) is 23.7 Å². The molecule has 3 aromatic heterocycles. The molecule has 1 aliphatic heterocycles. The van der Waals surface area contributed by atoms with E-state index >= 15 is 0 Å². The number of rotatable bonds is 4. The summed E-state index contributed by atoms with van der Waals surface area (Å²) in [6.45, 7) is 14.6. The summed E-state index contributed by atoms with van der Waals surface area (Å²) in [7, 11) is 0. The maximum Gasteiger partial charge on any atom is 0.419 e. The van der Waals surface area contributed by atoms with E-state index in [4.69, 9.17) is 18.9 Å². The highest BCUT2D eigenvalue weighted by Gasteiger charge is 2.41. The van der Waals surface area contributed by atoms with Crippen LogP contribution in [0, 0.1) is 0 Å². The van der Waals surface area contributed by atoms with Crippen molar-refractivity contribution in [3.63, 3.8) is 0 Å². The fraction of sp³-hybridized carbons (Fsp3) is 0.467. The zero-order valence-electron chi connectivity index (χ0n) is 25.3. The molecule has 12 heteroatoms. The summed E-state index contributed by atoms with van der Waals surface area (Å²) in [4.78, 5) is 58.3. The van der Waals surface area contributed by atoms with E-state index in [0.717, 1.165) is 10.9 Å². The minimum Gasteiger partial charge on any atom is -0.464 e. The lowest BCUT2D eigenvalue weighted by atomic mass is 10.1. The van der Waals surface area contributed by atoms with E-state index in [1.54, 1.807) is 92.2 Å². The first kappa shape index (κ1) is 32.0. The molecule has 0 radical (unpaired) electrons. The standard InChI is InChI=1S/C15H20N2O4.C15H18N2O4/c2*1-5-20-13(18)11-8-10-6-7-16-9-12(10)17(11)14(19)21-15(2,3)4/h6-7,9,11H,5,8H2,1-4H3;6-9H,5H2,1-4H3. The van der Waals surface area contributed by atoms with Crippen molar-refractivity contribution >= 4 is 40.7 Å². The number of hydrogen-bond acceptors (Lipinski definition) is 10. The van der Waals surface area contributed by atoms with Gasteiger partial charge in [0, 0.05) is 24.2 Å². The molecule has 0 spiro atoms. The molecule has 226 valence electrons. The molecule has 42 heavy (non-hydrogen) atoms. The fourth-order valence-electron chi connectivity index (χ4n) is 4.14. The summed E-state index contributed by atoms with van der Waals surface area (Å²) in [5.74, 6) is -1.00. The van der Waals surface area contributed by atoms with Crippen molar-refractivity contribution in [1.82, 2.24) is 14.5 Å². The third-order valence-electron chi connectivity index (χ3n) is 5.69. The summed E-state index contributed by atoms with van der Waals surface area (Å²) < 4.78 is 22.0. The lowest BCUT2D eigenvalue weighted by Crippen LogP contribution is -2.46. The summed E-state index contributed by atoms with van der Waals surface area (Å²) in [6.07, 6.45) is 5.54. The molecule has 12 nitrogen and oxygen atoms in total. The second kappa shape index (κ2) is 13.0. The number of nitrogens with zero attached hydrogens (tertiary/aromatic N) is 4. The first-order valence-corrected chi connectivity index (χ1v) is 13.6. The molecule has 0 N–H and O–H groups in total. The minimum atomic E-state index is -0.695. The number of hydrogen-bond donors (Lipinski definition) is 0. The van der Waals surface area contributed by atoms with Gasteiger partial charge >= 0.3 is 24.1 Å². The molecule has 1 aliphatic rings. The smallest absolute Gasteiger partial charge is 0.419 e. The van der Waals surface area contributed by atoms with Crippen LogP contribution in [0.1, 0.15) is 71.4 Å². The second-order valence-corrected chi connectivity index (χ2v) is 11.3. The SMILES string of the molecule is CCOC(=O)C1Cc2ccncc2N1C(=O)OC(C)(C)C.CCOC(=O)c1cc2ccncc2n1C(=O)OC(C)(C)C. The Labute approximate surface area is 244 Å². The number of pyridine rings is 2. The van der Waals surface area contributed by atoms with Gasteiger partial charge in [0.25, 0.3) is 0 Å². The van der Waals surface area contributed by atoms with Crippen LogP contribution in [0.15, 0.2) is 43.0 Å². The van der Waals surface area contributed by atoms with Gasteiger partial charge in [0.15, 0.2) is 0 Å². The van der Waals surface area contributed by atoms with Gasteiger partial charge in [-0.05, 0) is 79.2 Å². The van der Waals surface area contributed by atoms with Crippen LogP contribution in [0.2, 0.25) is 0 Å². The molecular formula is C30H38N4O8. The number of aromatic nitrogens is 3. The highest BCUT2D eigenvalue weighted by atomic mass is 16.6. The van der Waals surface area contributed by atoms with Gasteiger partial charge in [-0.15, -0.1) is 0 Å². The van der Waals surface area contributed by atoms with Crippen LogP contribution < -0.4 is 4.90 Å². The molecule has 0 aliphatic carbocycles. The predicted octanol–water partition coefficient (Wildman–Crippen LogP) is 5.31. The molecule has 4 heterocycles. The average Bonchev–Trinajstić information content (AvgIpc) is 3.47. The average molecular weight is 583 g/mol. The molecular weight excluding hydrogens is 544 g/mol. The number of esters is 2. The van der Waals surface area contributed by atoms with Crippen molar-refractivity contribution in [2.45, 2.75) is 79.1 Å². The maximum atomic E-state index is 12.4. The van der Waals surface area contributed by atoms with Crippen molar-refractivity contribution in [2.75, 3.05) is 18.1 Å². The monoisotopic (exact) mass is 582 g/mol. The highest BCUT2D eigenvalue weighted by molar-refractivity contribution is 6.01. The zero-order valence-corrected chi connectivity index (χ0v) is 25.3. The van der Waals surface area contributed by atoms with Crippen molar-refractivity contribution in [3.05, 3.63) is 54.2 Å². The van der Waals surface area contributed by atoms with Gasteiger partial charge in [-0.2, -0.15) is 0 Å². The topological polar surface area (TPSA) is 139 Å². The molecule has 1 atom stereocenters.